The van der Waals surface area contributed by atoms with E-state index in [9.17, 15) is 4.79 Å². The predicted octanol–water partition coefficient (Wildman–Crippen LogP) is 5.36. The summed E-state index contributed by atoms with van der Waals surface area (Å²) in [5.41, 5.74) is 5.58. The number of nitrogens with zero attached hydrogens (tertiary/aromatic N) is 2. The summed E-state index contributed by atoms with van der Waals surface area (Å²) in [4.78, 5) is 17.5. The molecule has 1 heterocycles. The van der Waals surface area contributed by atoms with Gasteiger partial charge in [0.15, 0.2) is 0 Å². The fourth-order valence-corrected chi connectivity index (χ4v) is 3.76. The van der Waals surface area contributed by atoms with E-state index >= 15 is 0 Å². The normalized spacial score (nSPS) is 13.0. The maximum absolute atomic E-state index is 12.8. The monoisotopic (exact) mass is 381 g/mol. The van der Waals surface area contributed by atoms with E-state index in [4.69, 9.17) is 10.3 Å². The number of fused-ring (bicyclic) bond motifs is 2. The molecule has 1 aliphatic rings. The molecule has 3 aromatic rings. The van der Waals surface area contributed by atoms with Crippen LogP contribution in [0.25, 0.3) is 10.8 Å². The third-order valence-electron chi connectivity index (χ3n) is 5.20. The lowest BCUT2D eigenvalue weighted by atomic mass is 9.92. The third kappa shape index (κ3) is 4.05. The highest BCUT2D eigenvalue weighted by Gasteiger charge is 2.16. The van der Waals surface area contributed by atoms with Crippen LogP contribution in [0.3, 0.4) is 0 Å². The van der Waals surface area contributed by atoms with Crippen LogP contribution < -0.4 is 5.32 Å². The second-order valence-corrected chi connectivity index (χ2v) is 7.89. The number of hydrogen-bond donors (Lipinski definition) is 1. The number of nitriles is 1. The molecule has 1 N–H and O–H groups in total. The van der Waals surface area contributed by atoms with Crippen LogP contribution >= 0.6 is 0 Å². The van der Waals surface area contributed by atoms with Gasteiger partial charge in [0.2, 0.25) is 0 Å². The lowest BCUT2D eigenvalue weighted by Gasteiger charge is -2.19. The smallest absolute Gasteiger partial charge is 0.255 e. The molecule has 1 amide bonds. The maximum atomic E-state index is 12.8. The molecule has 1 aliphatic heterocycles. The summed E-state index contributed by atoms with van der Waals surface area (Å²) < 4.78 is 0. The minimum atomic E-state index is -0.144. The highest BCUT2D eigenvalue weighted by molar-refractivity contribution is 6.08. The van der Waals surface area contributed by atoms with Crippen molar-refractivity contribution in [3.8, 4) is 6.07 Å². The molecule has 0 aromatic heterocycles. The van der Waals surface area contributed by atoms with Crippen molar-refractivity contribution >= 4 is 28.1 Å². The van der Waals surface area contributed by atoms with Crippen molar-refractivity contribution in [2.75, 3.05) is 11.9 Å². The second-order valence-electron chi connectivity index (χ2n) is 7.89. The van der Waals surface area contributed by atoms with Crippen LogP contribution in [0.4, 0.5) is 5.69 Å². The maximum Gasteiger partial charge on any atom is 0.255 e. The first-order chi connectivity index (χ1) is 14.0. The lowest BCUT2D eigenvalue weighted by Crippen LogP contribution is -2.17. The van der Waals surface area contributed by atoms with Gasteiger partial charge >= 0.3 is 0 Å². The zero-order valence-electron chi connectivity index (χ0n) is 16.7. The predicted molar refractivity (Wildman–Crippen MR) is 118 cm³/mol. The minimum Gasteiger partial charge on any atom is -0.322 e. The van der Waals surface area contributed by atoms with Crippen LogP contribution in [0.2, 0.25) is 0 Å². The Labute approximate surface area is 170 Å². The topological polar surface area (TPSA) is 65.2 Å². The molecule has 0 fully saturated rings. The van der Waals surface area contributed by atoms with Crippen molar-refractivity contribution in [3.63, 3.8) is 0 Å². The summed E-state index contributed by atoms with van der Waals surface area (Å²) in [6, 6.07) is 19.3. The molecule has 0 unspecified atom stereocenters. The van der Waals surface area contributed by atoms with E-state index in [-0.39, 0.29) is 5.91 Å². The average Bonchev–Trinajstić information content (AvgIpc) is 2.73. The quantitative estimate of drug-likeness (QED) is 0.661. The molecular formula is C25H23N3O. The van der Waals surface area contributed by atoms with Crippen molar-refractivity contribution in [2.45, 2.75) is 26.7 Å². The fourth-order valence-electron chi connectivity index (χ4n) is 3.76. The molecular weight excluding hydrogens is 358 g/mol. The van der Waals surface area contributed by atoms with Gasteiger partial charge in [0.05, 0.1) is 11.6 Å². The van der Waals surface area contributed by atoms with E-state index in [0.717, 1.165) is 47.1 Å². The van der Waals surface area contributed by atoms with Gasteiger partial charge in [0, 0.05) is 29.1 Å². The zero-order valence-corrected chi connectivity index (χ0v) is 16.7. The van der Waals surface area contributed by atoms with Crippen molar-refractivity contribution < 1.29 is 4.79 Å². The van der Waals surface area contributed by atoms with Gasteiger partial charge in [0.1, 0.15) is 0 Å². The molecule has 29 heavy (non-hydrogen) atoms. The molecule has 144 valence electrons. The van der Waals surface area contributed by atoms with Gasteiger partial charge in [-0.05, 0) is 71.5 Å². The second kappa shape index (κ2) is 7.89. The standard InChI is InChI=1S/C25H23N3O/c1-16(2)11-24-23-14-22(8-7-18(23)9-10-27-24)28-25(29)21-6-5-19-12-17(15-26)3-4-20(19)13-21/h3-8,12-14,16H,9-11H2,1-2H3,(H,28,29). The number of hydrogen-bond acceptors (Lipinski definition) is 3. The molecule has 0 aliphatic carbocycles. The largest absolute Gasteiger partial charge is 0.322 e. The number of anilines is 1. The number of amides is 1. The fraction of sp³-hybridized carbons (Fsp3) is 0.240. The Morgan fingerprint density at radius 2 is 1.90 bits per heavy atom. The molecule has 0 spiro atoms. The summed E-state index contributed by atoms with van der Waals surface area (Å²) in [6.07, 6.45) is 1.89. The van der Waals surface area contributed by atoms with Crippen molar-refractivity contribution in [1.29, 1.82) is 5.26 Å². The van der Waals surface area contributed by atoms with Gasteiger partial charge in [-0.2, -0.15) is 5.26 Å². The van der Waals surface area contributed by atoms with E-state index in [1.54, 1.807) is 12.1 Å². The molecule has 4 rings (SSSR count). The number of benzene rings is 3. The first kappa shape index (κ1) is 18.9. The average molecular weight is 381 g/mol. The Kier molecular flexibility index (Phi) is 5.14. The molecule has 0 saturated heterocycles. The van der Waals surface area contributed by atoms with E-state index < -0.39 is 0 Å². The van der Waals surface area contributed by atoms with Gasteiger partial charge in [-0.3, -0.25) is 9.79 Å². The first-order valence-corrected chi connectivity index (χ1v) is 9.95. The summed E-state index contributed by atoms with van der Waals surface area (Å²) in [7, 11) is 0. The van der Waals surface area contributed by atoms with E-state index in [0.29, 0.717) is 17.0 Å². The first-order valence-electron chi connectivity index (χ1n) is 9.95. The van der Waals surface area contributed by atoms with E-state index in [1.165, 1.54) is 5.56 Å². The lowest BCUT2D eigenvalue weighted by molar-refractivity contribution is 0.102. The number of nitrogens with one attached hydrogen (secondary N) is 1. The van der Waals surface area contributed by atoms with Gasteiger partial charge in [0.25, 0.3) is 5.91 Å². The molecule has 4 nitrogen and oxygen atoms in total. The molecule has 0 radical (unpaired) electrons. The molecule has 0 bridgehead atoms. The third-order valence-corrected chi connectivity index (χ3v) is 5.20. The minimum absolute atomic E-state index is 0.144. The molecule has 0 saturated carbocycles. The SMILES string of the molecule is CC(C)CC1=NCCc2ccc(NC(=O)c3ccc4cc(C#N)ccc4c3)cc21. The van der Waals surface area contributed by atoms with Crippen LogP contribution in [0.5, 0.6) is 0 Å². The van der Waals surface area contributed by atoms with Crippen molar-refractivity contribution in [3.05, 3.63) is 76.9 Å². The van der Waals surface area contributed by atoms with Crippen LogP contribution in [0, 0.1) is 17.2 Å². The number of aliphatic imine (C=N–C) groups is 1. The Hall–Kier alpha value is -3.45. The Morgan fingerprint density at radius 3 is 2.69 bits per heavy atom. The number of rotatable bonds is 4. The van der Waals surface area contributed by atoms with Gasteiger partial charge < -0.3 is 5.32 Å². The van der Waals surface area contributed by atoms with Crippen LogP contribution in [-0.2, 0) is 6.42 Å². The molecule has 3 aromatic carbocycles. The van der Waals surface area contributed by atoms with Crippen molar-refractivity contribution in [1.82, 2.24) is 0 Å². The van der Waals surface area contributed by atoms with Crippen LogP contribution in [-0.4, -0.2) is 18.2 Å². The summed E-state index contributed by atoms with van der Waals surface area (Å²) >= 11 is 0. The van der Waals surface area contributed by atoms with Crippen LogP contribution in [0.1, 0.15) is 47.3 Å². The summed E-state index contributed by atoms with van der Waals surface area (Å²) in [5, 5.41) is 13.9. The van der Waals surface area contributed by atoms with Gasteiger partial charge in [-0.25, -0.2) is 0 Å². The number of carbonyl (C=O) groups excluding carboxylic acids is 1. The van der Waals surface area contributed by atoms with Crippen molar-refractivity contribution in [2.24, 2.45) is 10.9 Å². The van der Waals surface area contributed by atoms with Gasteiger partial charge in [-0.1, -0.05) is 32.0 Å². The summed E-state index contributed by atoms with van der Waals surface area (Å²) in [5.74, 6) is 0.395. The Morgan fingerprint density at radius 1 is 1.10 bits per heavy atom. The van der Waals surface area contributed by atoms with Crippen LogP contribution in [0.15, 0.2) is 59.6 Å². The molecule has 4 heteroatoms. The Bertz CT molecular complexity index is 1170. The highest BCUT2D eigenvalue weighted by Crippen LogP contribution is 2.25. The van der Waals surface area contributed by atoms with E-state index in [2.05, 4.69) is 31.3 Å². The van der Waals surface area contributed by atoms with Gasteiger partial charge in [-0.15, -0.1) is 0 Å². The molecule has 0 atom stereocenters. The Balaban J connectivity index is 1.58. The number of carbonyl (C=O) groups is 1. The summed E-state index contributed by atoms with van der Waals surface area (Å²) in [6.45, 7) is 5.23. The van der Waals surface area contributed by atoms with E-state index in [1.807, 2.05) is 36.4 Å². The highest BCUT2D eigenvalue weighted by atomic mass is 16.1. The zero-order chi connectivity index (χ0) is 20.4.